The van der Waals surface area contributed by atoms with Gasteiger partial charge in [0.2, 0.25) is 0 Å². The minimum Gasteiger partial charge on any atom is -0.481 e. The average molecular weight is 207 g/mol. The summed E-state index contributed by atoms with van der Waals surface area (Å²) in [7, 11) is 0. The Morgan fingerprint density at radius 3 is 2.67 bits per heavy atom. The van der Waals surface area contributed by atoms with Crippen LogP contribution in [0.5, 0.6) is 0 Å². The molecule has 0 aliphatic carbocycles. The zero-order valence-corrected chi connectivity index (χ0v) is 8.43. The van der Waals surface area contributed by atoms with Gasteiger partial charge in [0.15, 0.2) is 0 Å². The fourth-order valence-electron chi connectivity index (χ4n) is 1.02. The first kappa shape index (κ1) is 11.1. The highest BCUT2D eigenvalue weighted by Crippen LogP contribution is 2.20. The maximum absolute atomic E-state index is 9.37. The molecular formula is C11H13NO3. The number of carbonyl (C=O) groups is 1. The van der Waals surface area contributed by atoms with Gasteiger partial charge in [0.05, 0.1) is 6.26 Å². The molecule has 0 radical (unpaired) electrons. The molecule has 3 N–H and O–H groups in total. The summed E-state index contributed by atoms with van der Waals surface area (Å²) in [5.74, 6) is -0.745. The molecule has 2 rings (SSSR count). The Hall–Kier alpha value is -1.97. The summed E-state index contributed by atoms with van der Waals surface area (Å²) in [6, 6.07) is 7.50. The molecule has 0 spiro atoms. The van der Waals surface area contributed by atoms with Crippen molar-refractivity contribution in [3.8, 4) is 0 Å². The highest BCUT2D eigenvalue weighted by Gasteiger charge is 1.96. The quantitative estimate of drug-likeness (QED) is 0.704. The van der Waals surface area contributed by atoms with Gasteiger partial charge in [-0.2, -0.15) is 0 Å². The Morgan fingerprint density at radius 2 is 2.13 bits per heavy atom. The van der Waals surface area contributed by atoms with Crippen LogP contribution < -0.4 is 5.73 Å². The number of benzene rings is 1. The van der Waals surface area contributed by atoms with Gasteiger partial charge in [-0.1, -0.05) is 13.0 Å². The largest absolute Gasteiger partial charge is 0.481 e. The second kappa shape index (κ2) is 5.05. The van der Waals surface area contributed by atoms with E-state index >= 15 is 0 Å². The SMILES string of the molecule is CCC(=O)O.Nc1cccc2occc12. The molecule has 1 aromatic carbocycles. The Morgan fingerprint density at radius 1 is 1.47 bits per heavy atom. The van der Waals surface area contributed by atoms with Gasteiger partial charge in [0.25, 0.3) is 0 Å². The van der Waals surface area contributed by atoms with Crippen LogP contribution in [0.15, 0.2) is 34.9 Å². The number of hydrogen-bond donors (Lipinski definition) is 2. The summed E-state index contributed by atoms with van der Waals surface area (Å²) in [5.41, 5.74) is 7.26. The molecule has 1 aromatic heterocycles. The second-order valence-corrected chi connectivity index (χ2v) is 2.93. The normalized spacial score (nSPS) is 9.40. The first-order valence-corrected chi connectivity index (χ1v) is 4.58. The lowest BCUT2D eigenvalue weighted by Crippen LogP contribution is -1.86. The molecule has 0 aliphatic heterocycles. The molecule has 0 fully saturated rings. The van der Waals surface area contributed by atoms with Crippen LogP contribution in [-0.4, -0.2) is 11.1 Å². The van der Waals surface area contributed by atoms with Crippen LogP contribution in [-0.2, 0) is 4.79 Å². The number of hydrogen-bond acceptors (Lipinski definition) is 3. The number of nitrogen functional groups attached to an aromatic ring is 1. The van der Waals surface area contributed by atoms with Crippen molar-refractivity contribution >= 4 is 22.6 Å². The third-order valence-corrected chi connectivity index (χ3v) is 1.83. The molecule has 2 aromatic rings. The van der Waals surface area contributed by atoms with Crippen molar-refractivity contribution in [2.75, 3.05) is 5.73 Å². The molecule has 0 saturated carbocycles. The van der Waals surface area contributed by atoms with Gasteiger partial charge >= 0.3 is 5.97 Å². The van der Waals surface area contributed by atoms with E-state index in [0.29, 0.717) is 0 Å². The Kier molecular flexibility index (Phi) is 3.74. The van der Waals surface area contributed by atoms with Crippen LogP contribution in [0.3, 0.4) is 0 Å². The van der Waals surface area contributed by atoms with Crippen LogP contribution in [0.25, 0.3) is 11.0 Å². The van der Waals surface area contributed by atoms with E-state index in [0.717, 1.165) is 16.7 Å². The van der Waals surface area contributed by atoms with Crippen LogP contribution in [0.2, 0.25) is 0 Å². The van der Waals surface area contributed by atoms with Crippen molar-refractivity contribution in [2.45, 2.75) is 13.3 Å². The van der Waals surface area contributed by atoms with E-state index in [-0.39, 0.29) is 6.42 Å². The highest BCUT2D eigenvalue weighted by atomic mass is 16.4. The number of fused-ring (bicyclic) bond motifs is 1. The van der Waals surface area contributed by atoms with E-state index in [1.54, 1.807) is 13.2 Å². The zero-order chi connectivity index (χ0) is 11.3. The second-order valence-electron chi connectivity index (χ2n) is 2.93. The third-order valence-electron chi connectivity index (χ3n) is 1.83. The van der Waals surface area contributed by atoms with Gasteiger partial charge in [-0.3, -0.25) is 4.79 Å². The van der Waals surface area contributed by atoms with Crippen LogP contribution in [0, 0.1) is 0 Å². The molecule has 0 bridgehead atoms. The van der Waals surface area contributed by atoms with E-state index in [4.69, 9.17) is 15.3 Å². The first-order valence-electron chi connectivity index (χ1n) is 4.58. The standard InChI is InChI=1S/C8H7NO.C3H6O2/c9-7-2-1-3-8-6(7)4-5-10-8;1-2-3(4)5/h1-5H,9H2;2H2,1H3,(H,4,5). The Labute approximate surface area is 87.3 Å². The minimum atomic E-state index is -0.745. The number of carboxylic acids is 1. The van der Waals surface area contributed by atoms with E-state index in [1.807, 2.05) is 24.3 Å². The summed E-state index contributed by atoms with van der Waals surface area (Å²) < 4.78 is 5.12. The van der Waals surface area contributed by atoms with Gasteiger partial charge in [-0.05, 0) is 18.2 Å². The fourth-order valence-corrected chi connectivity index (χ4v) is 1.02. The average Bonchev–Trinajstić information content (AvgIpc) is 2.68. The third kappa shape index (κ3) is 3.02. The molecule has 4 nitrogen and oxygen atoms in total. The topological polar surface area (TPSA) is 76.5 Å². The lowest BCUT2D eigenvalue weighted by atomic mass is 10.2. The molecule has 0 unspecified atom stereocenters. The van der Waals surface area contributed by atoms with Gasteiger partial charge in [0.1, 0.15) is 5.58 Å². The van der Waals surface area contributed by atoms with Gasteiger partial charge in [0, 0.05) is 17.5 Å². The number of nitrogens with two attached hydrogens (primary N) is 1. The van der Waals surface area contributed by atoms with Crippen molar-refractivity contribution in [3.05, 3.63) is 30.5 Å². The molecule has 0 saturated heterocycles. The predicted molar refractivity (Wildman–Crippen MR) is 58.6 cm³/mol. The van der Waals surface area contributed by atoms with Crippen molar-refractivity contribution in [2.24, 2.45) is 0 Å². The minimum absolute atomic E-state index is 0.222. The summed E-state index contributed by atoms with van der Waals surface area (Å²) in [4.78, 5) is 9.37. The molecular weight excluding hydrogens is 194 g/mol. The van der Waals surface area contributed by atoms with Crippen molar-refractivity contribution < 1.29 is 14.3 Å². The van der Waals surface area contributed by atoms with Gasteiger partial charge < -0.3 is 15.3 Å². The fraction of sp³-hybridized carbons (Fsp3) is 0.182. The number of anilines is 1. The molecule has 0 amide bonds. The number of rotatable bonds is 1. The van der Waals surface area contributed by atoms with Crippen LogP contribution in [0.4, 0.5) is 5.69 Å². The summed E-state index contributed by atoms with van der Waals surface area (Å²) in [5, 5.41) is 8.71. The lowest BCUT2D eigenvalue weighted by molar-refractivity contribution is -0.136. The zero-order valence-electron chi connectivity index (χ0n) is 8.43. The molecule has 1 heterocycles. The van der Waals surface area contributed by atoms with E-state index in [2.05, 4.69) is 0 Å². The Bertz CT molecular complexity index is 448. The summed E-state index contributed by atoms with van der Waals surface area (Å²) in [6.07, 6.45) is 1.86. The molecule has 15 heavy (non-hydrogen) atoms. The molecule has 4 heteroatoms. The molecule has 0 aliphatic rings. The monoisotopic (exact) mass is 207 g/mol. The Balaban J connectivity index is 0.000000195. The number of furan rings is 1. The number of aliphatic carboxylic acids is 1. The maximum atomic E-state index is 9.37. The predicted octanol–water partition coefficient (Wildman–Crippen LogP) is 2.50. The van der Waals surface area contributed by atoms with Gasteiger partial charge in [-0.25, -0.2) is 0 Å². The first-order chi connectivity index (χ1) is 7.15. The molecule has 80 valence electrons. The summed E-state index contributed by atoms with van der Waals surface area (Å²) in [6.45, 7) is 1.60. The van der Waals surface area contributed by atoms with Crippen LogP contribution in [0.1, 0.15) is 13.3 Å². The smallest absolute Gasteiger partial charge is 0.303 e. The maximum Gasteiger partial charge on any atom is 0.303 e. The number of carboxylic acid groups (broad SMARTS) is 1. The van der Waals surface area contributed by atoms with Crippen molar-refractivity contribution in [3.63, 3.8) is 0 Å². The summed E-state index contributed by atoms with van der Waals surface area (Å²) >= 11 is 0. The van der Waals surface area contributed by atoms with E-state index in [1.165, 1.54) is 0 Å². The van der Waals surface area contributed by atoms with E-state index in [9.17, 15) is 4.79 Å². The van der Waals surface area contributed by atoms with Gasteiger partial charge in [-0.15, -0.1) is 0 Å². The highest BCUT2D eigenvalue weighted by molar-refractivity contribution is 5.88. The lowest BCUT2D eigenvalue weighted by Gasteiger charge is -1.90. The van der Waals surface area contributed by atoms with Crippen molar-refractivity contribution in [1.29, 1.82) is 0 Å². The van der Waals surface area contributed by atoms with Crippen molar-refractivity contribution in [1.82, 2.24) is 0 Å². The van der Waals surface area contributed by atoms with E-state index < -0.39 is 5.97 Å². The molecule has 0 atom stereocenters. The van der Waals surface area contributed by atoms with Crippen LogP contribution >= 0.6 is 0 Å².